The number of methoxy groups -OCH3 is 1. The van der Waals surface area contributed by atoms with Crippen LogP contribution < -0.4 is 20.7 Å². The summed E-state index contributed by atoms with van der Waals surface area (Å²) < 4.78 is 5.39. The van der Waals surface area contributed by atoms with E-state index in [0.29, 0.717) is 19.0 Å². The van der Waals surface area contributed by atoms with Crippen molar-refractivity contribution >= 4 is 35.8 Å². The molecule has 0 saturated heterocycles. The Labute approximate surface area is 186 Å². The molecule has 0 heterocycles. The summed E-state index contributed by atoms with van der Waals surface area (Å²) in [5.74, 6) is 1.76. The van der Waals surface area contributed by atoms with Gasteiger partial charge >= 0.3 is 0 Å². The second kappa shape index (κ2) is 14.5. The van der Waals surface area contributed by atoms with Crippen LogP contribution >= 0.6 is 24.0 Å². The van der Waals surface area contributed by atoms with Gasteiger partial charge in [0, 0.05) is 25.6 Å². The van der Waals surface area contributed by atoms with E-state index in [1.165, 1.54) is 19.3 Å². The Morgan fingerprint density at radius 3 is 2.64 bits per heavy atom. The van der Waals surface area contributed by atoms with Crippen molar-refractivity contribution < 1.29 is 9.53 Å². The van der Waals surface area contributed by atoms with Gasteiger partial charge in [-0.2, -0.15) is 0 Å². The van der Waals surface area contributed by atoms with E-state index in [9.17, 15) is 4.79 Å². The quantitative estimate of drug-likeness (QED) is 0.276. The lowest BCUT2D eigenvalue weighted by molar-refractivity contribution is -0.121. The highest BCUT2D eigenvalue weighted by atomic mass is 127. The number of ether oxygens (including phenoxy) is 1. The minimum absolute atomic E-state index is 0. The van der Waals surface area contributed by atoms with E-state index in [1.54, 1.807) is 7.11 Å². The van der Waals surface area contributed by atoms with Gasteiger partial charge in [-0.1, -0.05) is 37.5 Å². The van der Waals surface area contributed by atoms with Crippen LogP contribution in [0.15, 0.2) is 29.3 Å². The fraction of sp³-hybridized carbons (Fsp3) is 0.619. The molecule has 1 aliphatic carbocycles. The Kier molecular flexibility index (Phi) is 12.7. The van der Waals surface area contributed by atoms with E-state index >= 15 is 0 Å². The molecule has 1 aliphatic rings. The van der Waals surface area contributed by atoms with Gasteiger partial charge in [0.1, 0.15) is 5.75 Å². The molecule has 0 spiro atoms. The number of hydrogen-bond donors (Lipinski definition) is 3. The van der Waals surface area contributed by atoms with Crippen molar-refractivity contribution in [3.63, 3.8) is 0 Å². The molecule has 0 unspecified atom stereocenters. The Morgan fingerprint density at radius 1 is 1.18 bits per heavy atom. The molecule has 7 heteroatoms. The number of guanidine groups is 1. The molecule has 1 saturated carbocycles. The summed E-state index contributed by atoms with van der Waals surface area (Å²) in [6.45, 7) is 4.06. The Morgan fingerprint density at radius 2 is 1.93 bits per heavy atom. The van der Waals surface area contributed by atoms with Gasteiger partial charge in [0.25, 0.3) is 0 Å². The predicted octanol–water partition coefficient (Wildman–Crippen LogP) is 3.25. The predicted molar refractivity (Wildman–Crippen MR) is 126 cm³/mol. The zero-order valence-corrected chi connectivity index (χ0v) is 19.5. The van der Waals surface area contributed by atoms with Crippen LogP contribution in [0.3, 0.4) is 0 Å². The summed E-state index contributed by atoms with van der Waals surface area (Å²) in [6.07, 6.45) is 7.25. The number of para-hydroxylation sites is 1. The largest absolute Gasteiger partial charge is 0.496 e. The molecule has 0 aliphatic heterocycles. The maximum absolute atomic E-state index is 12.1. The van der Waals surface area contributed by atoms with Crippen LogP contribution in [-0.2, 0) is 11.2 Å². The number of benzene rings is 1. The molecule has 0 atom stereocenters. The third kappa shape index (κ3) is 9.12. The Bertz CT molecular complexity index is 604. The summed E-state index contributed by atoms with van der Waals surface area (Å²) in [7, 11) is 1.69. The van der Waals surface area contributed by atoms with Gasteiger partial charge in [-0.3, -0.25) is 9.79 Å². The van der Waals surface area contributed by atoms with Crippen molar-refractivity contribution in [3.8, 4) is 5.75 Å². The van der Waals surface area contributed by atoms with E-state index < -0.39 is 0 Å². The number of hydrogen-bond acceptors (Lipinski definition) is 3. The van der Waals surface area contributed by atoms with E-state index in [2.05, 4.69) is 27.0 Å². The van der Waals surface area contributed by atoms with Gasteiger partial charge in [0.15, 0.2) is 5.96 Å². The molecular weight excluding hydrogens is 467 g/mol. The third-order valence-corrected chi connectivity index (χ3v) is 4.80. The first-order valence-electron chi connectivity index (χ1n) is 10.2. The first kappa shape index (κ1) is 24.5. The molecule has 1 aromatic carbocycles. The average Bonchev–Trinajstić information content (AvgIpc) is 2.69. The summed E-state index contributed by atoms with van der Waals surface area (Å²) in [5, 5.41) is 9.69. The summed E-state index contributed by atoms with van der Waals surface area (Å²) in [6, 6.07) is 8.39. The lowest BCUT2D eigenvalue weighted by Crippen LogP contribution is -2.39. The lowest BCUT2D eigenvalue weighted by atomic mass is 9.95. The lowest BCUT2D eigenvalue weighted by Gasteiger charge is -2.22. The van der Waals surface area contributed by atoms with Gasteiger partial charge in [0.05, 0.1) is 13.7 Å². The van der Waals surface area contributed by atoms with Crippen LogP contribution in [0.1, 0.15) is 51.0 Å². The SMILES string of the molecule is CCNC(=NCCC(=O)NC1CCCCC1)NCCc1ccccc1OC.I. The Balaban J connectivity index is 0.00000392. The number of rotatable bonds is 9. The normalized spacial score (nSPS) is 14.7. The molecule has 2 rings (SSSR count). The van der Waals surface area contributed by atoms with E-state index in [0.717, 1.165) is 49.6 Å². The minimum atomic E-state index is 0. The zero-order chi connectivity index (χ0) is 19.3. The summed E-state index contributed by atoms with van der Waals surface area (Å²) in [5.41, 5.74) is 1.16. The number of nitrogens with zero attached hydrogens (tertiary/aromatic N) is 1. The number of nitrogens with one attached hydrogen (secondary N) is 3. The maximum Gasteiger partial charge on any atom is 0.222 e. The average molecular weight is 502 g/mol. The second-order valence-corrected chi connectivity index (χ2v) is 6.90. The van der Waals surface area contributed by atoms with Crippen LogP contribution in [0, 0.1) is 0 Å². The van der Waals surface area contributed by atoms with Crippen molar-refractivity contribution in [1.82, 2.24) is 16.0 Å². The first-order chi connectivity index (χ1) is 13.2. The number of carbonyl (C=O) groups is 1. The summed E-state index contributed by atoms with van der Waals surface area (Å²) in [4.78, 5) is 16.6. The maximum atomic E-state index is 12.1. The molecule has 1 amide bonds. The van der Waals surface area contributed by atoms with Crippen LogP contribution in [0.2, 0.25) is 0 Å². The third-order valence-electron chi connectivity index (χ3n) is 4.80. The molecule has 0 bridgehead atoms. The van der Waals surface area contributed by atoms with Gasteiger partial charge in [-0.05, 0) is 37.8 Å². The zero-order valence-electron chi connectivity index (χ0n) is 17.1. The van der Waals surface area contributed by atoms with Crippen molar-refractivity contribution in [2.45, 2.75) is 57.9 Å². The summed E-state index contributed by atoms with van der Waals surface area (Å²) >= 11 is 0. The van der Waals surface area contributed by atoms with Crippen molar-refractivity contribution in [3.05, 3.63) is 29.8 Å². The van der Waals surface area contributed by atoms with Crippen molar-refractivity contribution in [2.75, 3.05) is 26.7 Å². The van der Waals surface area contributed by atoms with E-state index in [1.807, 2.05) is 25.1 Å². The van der Waals surface area contributed by atoms with Gasteiger partial charge < -0.3 is 20.7 Å². The number of amides is 1. The molecule has 0 aromatic heterocycles. The molecule has 1 aromatic rings. The highest BCUT2D eigenvalue weighted by molar-refractivity contribution is 14.0. The van der Waals surface area contributed by atoms with Gasteiger partial charge in [-0.15, -0.1) is 24.0 Å². The smallest absolute Gasteiger partial charge is 0.222 e. The van der Waals surface area contributed by atoms with Gasteiger partial charge in [-0.25, -0.2) is 0 Å². The van der Waals surface area contributed by atoms with Crippen LogP contribution in [0.5, 0.6) is 5.75 Å². The molecular formula is C21H35IN4O2. The van der Waals surface area contributed by atoms with Crippen LogP contribution in [0.4, 0.5) is 0 Å². The monoisotopic (exact) mass is 502 g/mol. The Hall–Kier alpha value is -1.51. The number of halogens is 1. The fourth-order valence-electron chi connectivity index (χ4n) is 3.38. The molecule has 28 heavy (non-hydrogen) atoms. The van der Waals surface area contributed by atoms with Crippen molar-refractivity contribution in [1.29, 1.82) is 0 Å². The van der Waals surface area contributed by atoms with Gasteiger partial charge in [0.2, 0.25) is 5.91 Å². The highest BCUT2D eigenvalue weighted by Gasteiger charge is 2.15. The standard InChI is InChI=1S/C21H34N4O2.HI/c1-3-22-21(23-15-13-17-9-7-8-12-19(17)27-2)24-16-14-20(26)25-18-10-5-4-6-11-18;/h7-9,12,18H,3-6,10-11,13-16H2,1-2H3,(H,25,26)(H2,22,23,24);1H. The van der Waals surface area contributed by atoms with E-state index in [-0.39, 0.29) is 29.9 Å². The van der Waals surface area contributed by atoms with Crippen LogP contribution in [-0.4, -0.2) is 44.7 Å². The molecule has 158 valence electrons. The van der Waals surface area contributed by atoms with Crippen molar-refractivity contribution in [2.24, 2.45) is 4.99 Å². The second-order valence-electron chi connectivity index (χ2n) is 6.90. The highest BCUT2D eigenvalue weighted by Crippen LogP contribution is 2.18. The number of carbonyl (C=O) groups excluding carboxylic acids is 1. The topological polar surface area (TPSA) is 74.8 Å². The van der Waals surface area contributed by atoms with Crippen LogP contribution in [0.25, 0.3) is 0 Å². The number of aliphatic imine (C=N–C) groups is 1. The molecule has 0 radical (unpaired) electrons. The fourth-order valence-corrected chi connectivity index (χ4v) is 3.38. The molecule has 6 nitrogen and oxygen atoms in total. The minimum Gasteiger partial charge on any atom is -0.496 e. The molecule has 1 fully saturated rings. The first-order valence-corrected chi connectivity index (χ1v) is 10.2. The van der Waals surface area contributed by atoms with E-state index in [4.69, 9.17) is 4.74 Å². The molecule has 3 N–H and O–H groups in total.